The maximum atomic E-state index is 12.0. The molecule has 0 saturated carbocycles. The number of likely N-dealkylation sites (tertiary alicyclic amines) is 1. The first-order valence-corrected chi connectivity index (χ1v) is 8.16. The summed E-state index contributed by atoms with van der Waals surface area (Å²) in [5.74, 6) is -0.294. The fourth-order valence-corrected chi connectivity index (χ4v) is 2.84. The van der Waals surface area contributed by atoms with Gasteiger partial charge in [0.25, 0.3) is 0 Å². The number of carbonyl (C=O) groups is 1. The largest absolute Gasteiger partial charge is 0.411 e. The van der Waals surface area contributed by atoms with Crippen LogP contribution >= 0.6 is 0 Å². The molecule has 7 heteroatoms. The van der Waals surface area contributed by atoms with Gasteiger partial charge in [-0.15, -0.1) is 0 Å². The monoisotopic (exact) mass is 344 g/mol. The van der Waals surface area contributed by atoms with Crippen molar-refractivity contribution in [3.8, 4) is 0 Å². The van der Waals surface area contributed by atoms with E-state index < -0.39 is 12.8 Å². The molecule has 0 radical (unpaired) electrons. The molecule has 1 aliphatic heterocycles. The molecule has 0 bridgehead atoms. The Bertz CT molecular complexity index is 502. The van der Waals surface area contributed by atoms with Crippen LogP contribution in [0.2, 0.25) is 0 Å². The number of nitrogens with zero attached hydrogens (tertiary/aromatic N) is 1. The summed E-state index contributed by atoms with van der Waals surface area (Å²) in [5, 5.41) is 2.81. The van der Waals surface area contributed by atoms with E-state index in [-0.39, 0.29) is 25.0 Å². The molecular formula is C17H23F3N2O2. The zero-order chi connectivity index (χ0) is 17.4. The van der Waals surface area contributed by atoms with Crippen LogP contribution in [0.4, 0.5) is 13.2 Å². The smallest absolute Gasteiger partial charge is 0.372 e. The lowest BCUT2D eigenvalue weighted by molar-refractivity contribution is -0.174. The van der Waals surface area contributed by atoms with Crippen LogP contribution in [0.3, 0.4) is 0 Å². The van der Waals surface area contributed by atoms with Crippen molar-refractivity contribution in [3.05, 3.63) is 35.9 Å². The predicted molar refractivity (Wildman–Crippen MR) is 84.5 cm³/mol. The average molecular weight is 344 g/mol. The first-order valence-electron chi connectivity index (χ1n) is 8.16. The number of ether oxygens (including phenoxy) is 1. The standard InChI is InChI=1S/C17H23F3N2O2/c18-17(19,20)13-24-11-8-16(23)21-12-15(22-9-4-5-10-22)14-6-2-1-3-7-14/h1-3,6-7,15H,4-5,8-13H2,(H,21,23). The van der Waals surface area contributed by atoms with E-state index in [0.717, 1.165) is 31.5 Å². The summed E-state index contributed by atoms with van der Waals surface area (Å²) in [6, 6.07) is 10.0. The highest BCUT2D eigenvalue weighted by Gasteiger charge is 2.27. The summed E-state index contributed by atoms with van der Waals surface area (Å²) in [7, 11) is 0. The van der Waals surface area contributed by atoms with Crippen molar-refractivity contribution >= 4 is 5.91 Å². The summed E-state index contributed by atoms with van der Waals surface area (Å²) >= 11 is 0. The van der Waals surface area contributed by atoms with Gasteiger partial charge in [0.2, 0.25) is 5.91 Å². The summed E-state index contributed by atoms with van der Waals surface area (Å²) in [6.45, 7) is 0.877. The highest BCUT2D eigenvalue weighted by atomic mass is 19.4. The molecule has 1 unspecified atom stereocenters. The van der Waals surface area contributed by atoms with Gasteiger partial charge in [0.05, 0.1) is 12.6 Å². The normalized spacial score (nSPS) is 17.0. The third kappa shape index (κ3) is 6.49. The minimum absolute atomic E-state index is 0.0718. The first-order chi connectivity index (χ1) is 11.5. The molecule has 24 heavy (non-hydrogen) atoms. The Hall–Kier alpha value is -1.60. The van der Waals surface area contributed by atoms with Crippen molar-refractivity contribution in [2.75, 3.05) is 32.8 Å². The Morgan fingerprint density at radius 2 is 1.88 bits per heavy atom. The van der Waals surface area contributed by atoms with Crippen molar-refractivity contribution in [2.24, 2.45) is 0 Å². The number of hydrogen-bond donors (Lipinski definition) is 1. The lowest BCUT2D eigenvalue weighted by Crippen LogP contribution is -2.37. The van der Waals surface area contributed by atoms with Crippen molar-refractivity contribution in [1.82, 2.24) is 10.2 Å². The van der Waals surface area contributed by atoms with Crippen LogP contribution < -0.4 is 5.32 Å². The predicted octanol–water partition coefficient (Wildman–Crippen LogP) is 2.91. The van der Waals surface area contributed by atoms with Gasteiger partial charge in [-0.1, -0.05) is 30.3 Å². The Labute approximate surface area is 140 Å². The lowest BCUT2D eigenvalue weighted by Gasteiger charge is -2.28. The molecule has 1 atom stereocenters. The Kier molecular flexibility index (Phi) is 7.05. The lowest BCUT2D eigenvalue weighted by atomic mass is 10.1. The fourth-order valence-electron chi connectivity index (χ4n) is 2.84. The van der Waals surface area contributed by atoms with Crippen molar-refractivity contribution in [3.63, 3.8) is 0 Å². The fraction of sp³-hybridized carbons (Fsp3) is 0.588. The summed E-state index contributed by atoms with van der Waals surface area (Å²) < 4.78 is 40.4. The molecule has 0 spiro atoms. The van der Waals surface area contributed by atoms with Crippen LogP contribution in [-0.4, -0.2) is 49.8 Å². The van der Waals surface area contributed by atoms with Gasteiger partial charge >= 0.3 is 6.18 Å². The molecule has 1 heterocycles. The number of carbonyl (C=O) groups excluding carboxylic acids is 1. The molecule has 0 aliphatic carbocycles. The molecule has 2 rings (SSSR count). The second kappa shape index (κ2) is 9.03. The summed E-state index contributed by atoms with van der Waals surface area (Å²) in [6.07, 6.45) is -2.15. The SMILES string of the molecule is O=C(CCOCC(F)(F)F)NCC(c1ccccc1)N1CCCC1. The van der Waals surface area contributed by atoms with Crippen LogP contribution in [-0.2, 0) is 9.53 Å². The van der Waals surface area contributed by atoms with Crippen LogP contribution in [0.15, 0.2) is 30.3 Å². The molecule has 1 aromatic carbocycles. The quantitative estimate of drug-likeness (QED) is 0.738. The Morgan fingerprint density at radius 3 is 2.50 bits per heavy atom. The minimum atomic E-state index is -4.36. The Balaban J connectivity index is 1.79. The topological polar surface area (TPSA) is 41.6 Å². The maximum Gasteiger partial charge on any atom is 0.411 e. The van der Waals surface area contributed by atoms with Gasteiger partial charge in [-0.3, -0.25) is 9.69 Å². The van der Waals surface area contributed by atoms with Gasteiger partial charge in [0.15, 0.2) is 0 Å². The number of alkyl halides is 3. The number of amides is 1. The van der Waals surface area contributed by atoms with Gasteiger partial charge in [0.1, 0.15) is 6.61 Å². The molecule has 1 saturated heterocycles. The van der Waals surface area contributed by atoms with E-state index >= 15 is 0 Å². The van der Waals surface area contributed by atoms with E-state index in [2.05, 4.69) is 15.0 Å². The highest BCUT2D eigenvalue weighted by Crippen LogP contribution is 2.24. The molecule has 134 valence electrons. The van der Waals surface area contributed by atoms with E-state index in [4.69, 9.17) is 0 Å². The number of halogens is 3. The molecule has 1 N–H and O–H groups in total. The molecule has 1 aromatic rings. The van der Waals surface area contributed by atoms with Crippen LogP contribution in [0.5, 0.6) is 0 Å². The van der Waals surface area contributed by atoms with E-state index in [1.165, 1.54) is 0 Å². The molecule has 1 aliphatic rings. The second-order valence-electron chi connectivity index (χ2n) is 5.89. The first kappa shape index (κ1) is 18.7. The average Bonchev–Trinajstić information content (AvgIpc) is 3.06. The number of rotatable bonds is 8. The number of hydrogen-bond acceptors (Lipinski definition) is 3. The van der Waals surface area contributed by atoms with Gasteiger partial charge in [-0.25, -0.2) is 0 Å². The molecule has 1 amide bonds. The molecule has 0 aromatic heterocycles. The van der Waals surface area contributed by atoms with Crippen molar-refractivity contribution < 1.29 is 22.7 Å². The second-order valence-corrected chi connectivity index (χ2v) is 5.89. The van der Waals surface area contributed by atoms with Gasteiger partial charge in [0, 0.05) is 13.0 Å². The van der Waals surface area contributed by atoms with Crippen molar-refractivity contribution in [2.45, 2.75) is 31.5 Å². The summed E-state index contributed by atoms with van der Waals surface area (Å²) in [5.41, 5.74) is 1.13. The van der Waals surface area contributed by atoms with E-state index in [0.29, 0.717) is 6.54 Å². The molecule has 4 nitrogen and oxygen atoms in total. The third-order valence-corrected chi connectivity index (χ3v) is 4.00. The third-order valence-electron chi connectivity index (χ3n) is 4.00. The minimum Gasteiger partial charge on any atom is -0.372 e. The van der Waals surface area contributed by atoms with Gasteiger partial charge in [-0.05, 0) is 31.5 Å². The van der Waals surface area contributed by atoms with Gasteiger partial charge in [-0.2, -0.15) is 13.2 Å². The van der Waals surface area contributed by atoms with Crippen molar-refractivity contribution in [1.29, 1.82) is 0 Å². The number of benzene rings is 1. The highest BCUT2D eigenvalue weighted by molar-refractivity contribution is 5.76. The Morgan fingerprint density at radius 1 is 1.21 bits per heavy atom. The zero-order valence-electron chi connectivity index (χ0n) is 13.5. The van der Waals surface area contributed by atoms with E-state index in [1.807, 2.05) is 30.3 Å². The van der Waals surface area contributed by atoms with Crippen LogP contribution in [0, 0.1) is 0 Å². The van der Waals surface area contributed by atoms with Crippen LogP contribution in [0.1, 0.15) is 30.9 Å². The zero-order valence-corrected chi connectivity index (χ0v) is 13.5. The number of nitrogens with one attached hydrogen (secondary N) is 1. The molecule has 1 fully saturated rings. The van der Waals surface area contributed by atoms with Gasteiger partial charge < -0.3 is 10.1 Å². The van der Waals surface area contributed by atoms with E-state index in [9.17, 15) is 18.0 Å². The maximum absolute atomic E-state index is 12.0. The molecular weight excluding hydrogens is 321 g/mol. The summed E-state index contributed by atoms with van der Waals surface area (Å²) in [4.78, 5) is 14.2. The van der Waals surface area contributed by atoms with Crippen LogP contribution in [0.25, 0.3) is 0 Å². The van der Waals surface area contributed by atoms with E-state index in [1.54, 1.807) is 0 Å².